The highest BCUT2D eigenvalue weighted by Gasteiger charge is 1.97. The van der Waals surface area contributed by atoms with Gasteiger partial charge in [-0.15, -0.1) is 12.6 Å². The molecule has 0 heterocycles. The Kier molecular flexibility index (Phi) is 2.93. The molecule has 0 aliphatic heterocycles. The smallest absolute Gasteiger partial charge is 0.0692 e. The highest BCUT2D eigenvalue weighted by molar-refractivity contribution is 7.80. The van der Waals surface area contributed by atoms with Crippen LogP contribution in [0.4, 0.5) is 0 Å². The van der Waals surface area contributed by atoms with Crippen LogP contribution in [-0.4, -0.2) is 10.2 Å². The molecule has 0 radical (unpaired) electrons. The fraction of sp³-hybridized carbons (Fsp3) is 0.250. The summed E-state index contributed by atoms with van der Waals surface area (Å²) in [5.74, 6) is 0. The van der Waals surface area contributed by atoms with Crippen molar-refractivity contribution in [2.24, 2.45) is 0 Å². The van der Waals surface area contributed by atoms with Crippen LogP contribution in [0.15, 0.2) is 23.1 Å². The summed E-state index contributed by atoms with van der Waals surface area (Å²) >= 11 is 4.13. The van der Waals surface area contributed by atoms with Crippen LogP contribution in [0.2, 0.25) is 0 Å². The predicted molar refractivity (Wildman–Crippen MR) is 45.5 cm³/mol. The Labute approximate surface area is 70.9 Å². The lowest BCUT2D eigenvalue weighted by Crippen LogP contribution is -1.88. The average Bonchev–Trinajstić information content (AvgIpc) is 2.04. The van der Waals surface area contributed by atoms with Gasteiger partial charge in [0.1, 0.15) is 0 Å². The molecule has 0 aromatic heterocycles. The van der Waals surface area contributed by atoms with E-state index in [1.165, 1.54) is 0 Å². The summed E-state index contributed by atoms with van der Waals surface area (Å²) in [5.41, 5.74) is 1.60. The van der Waals surface area contributed by atoms with Crippen molar-refractivity contribution in [1.82, 2.24) is 0 Å². The quantitative estimate of drug-likeness (QED) is 0.579. The molecule has 0 bridgehead atoms. The molecule has 3 heteroatoms. The maximum absolute atomic E-state index is 8.77. The first kappa shape index (κ1) is 8.59. The van der Waals surface area contributed by atoms with Crippen molar-refractivity contribution >= 4 is 12.6 Å². The molecule has 0 saturated heterocycles. The minimum absolute atomic E-state index is 0.00938. The van der Waals surface area contributed by atoms with Crippen LogP contribution in [0.1, 0.15) is 11.1 Å². The second-order valence-corrected chi connectivity index (χ2v) is 2.76. The lowest BCUT2D eigenvalue weighted by molar-refractivity contribution is 0.275. The maximum atomic E-state index is 8.77. The van der Waals surface area contributed by atoms with Gasteiger partial charge in [-0.25, -0.2) is 0 Å². The Bertz CT molecular complexity index is 248. The van der Waals surface area contributed by atoms with Crippen molar-refractivity contribution in [2.75, 3.05) is 0 Å². The largest absolute Gasteiger partial charge is 0.392 e. The van der Waals surface area contributed by atoms with Crippen LogP contribution in [0.25, 0.3) is 0 Å². The van der Waals surface area contributed by atoms with Gasteiger partial charge in [0.05, 0.1) is 13.2 Å². The molecule has 2 nitrogen and oxygen atoms in total. The number of benzene rings is 1. The van der Waals surface area contributed by atoms with Gasteiger partial charge in [0.15, 0.2) is 0 Å². The topological polar surface area (TPSA) is 40.5 Å². The van der Waals surface area contributed by atoms with Crippen LogP contribution in [0.3, 0.4) is 0 Å². The summed E-state index contributed by atoms with van der Waals surface area (Å²) < 4.78 is 0. The minimum Gasteiger partial charge on any atom is -0.392 e. The van der Waals surface area contributed by atoms with E-state index in [0.717, 1.165) is 16.0 Å². The average molecular weight is 170 g/mol. The van der Waals surface area contributed by atoms with Gasteiger partial charge in [-0.05, 0) is 17.2 Å². The van der Waals surface area contributed by atoms with Gasteiger partial charge in [0, 0.05) is 4.90 Å². The molecule has 1 rings (SSSR count). The maximum Gasteiger partial charge on any atom is 0.0692 e. The molecular formula is C8H10O2S. The van der Waals surface area contributed by atoms with E-state index in [2.05, 4.69) is 12.6 Å². The fourth-order valence-corrected chi connectivity index (χ4v) is 1.15. The normalized spacial score (nSPS) is 10.1. The molecule has 0 saturated carbocycles. The summed E-state index contributed by atoms with van der Waals surface area (Å²) in [6, 6.07) is 5.27. The molecule has 1 aromatic carbocycles. The summed E-state index contributed by atoms with van der Waals surface area (Å²) in [4.78, 5) is 0.721. The number of aliphatic hydroxyl groups excluding tert-OH is 2. The van der Waals surface area contributed by atoms with Gasteiger partial charge in [0.2, 0.25) is 0 Å². The zero-order chi connectivity index (χ0) is 8.27. The van der Waals surface area contributed by atoms with Gasteiger partial charge in [-0.3, -0.25) is 0 Å². The van der Waals surface area contributed by atoms with E-state index in [-0.39, 0.29) is 13.2 Å². The van der Waals surface area contributed by atoms with E-state index in [1.54, 1.807) is 18.2 Å². The third kappa shape index (κ3) is 1.96. The lowest BCUT2D eigenvalue weighted by Gasteiger charge is -2.02. The van der Waals surface area contributed by atoms with E-state index < -0.39 is 0 Å². The van der Waals surface area contributed by atoms with Crippen LogP contribution in [0.5, 0.6) is 0 Å². The van der Waals surface area contributed by atoms with Crippen LogP contribution >= 0.6 is 12.6 Å². The molecule has 60 valence electrons. The first-order chi connectivity index (χ1) is 5.27. The zero-order valence-electron chi connectivity index (χ0n) is 5.99. The predicted octanol–water partition coefficient (Wildman–Crippen LogP) is 0.960. The van der Waals surface area contributed by atoms with Crippen LogP contribution in [-0.2, 0) is 13.2 Å². The fourth-order valence-electron chi connectivity index (χ4n) is 0.841. The molecule has 0 aliphatic carbocycles. The third-order valence-corrected chi connectivity index (χ3v) is 1.92. The number of aliphatic hydroxyl groups is 2. The molecule has 2 N–H and O–H groups in total. The van der Waals surface area contributed by atoms with Gasteiger partial charge in [-0.1, -0.05) is 12.1 Å². The van der Waals surface area contributed by atoms with Gasteiger partial charge < -0.3 is 10.2 Å². The van der Waals surface area contributed by atoms with Gasteiger partial charge in [0.25, 0.3) is 0 Å². The Balaban J connectivity index is 2.99. The summed E-state index contributed by atoms with van der Waals surface area (Å²) in [5, 5.41) is 17.5. The molecule has 0 fully saturated rings. The molecule has 1 aromatic rings. The van der Waals surface area contributed by atoms with E-state index in [4.69, 9.17) is 10.2 Å². The van der Waals surface area contributed by atoms with E-state index in [1.807, 2.05) is 0 Å². The monoisotopic (exact) mass is 170 g/mol. The van der Waals surface area contributed by atoms with Crippen molar-refractivity contribution in [3.8, 4) is 0 Å². The van der Waals surface area contributed by atoms with Crippen molar-refractivity contribution in [3.05, 3.63) is 29.3 Å². The standard InChI is InChI=1S/C8H10O2S/c9-4-6-1-2-7(5-10)8(11)3-6/h1-3,9-11H,4-5H2. The van der Waals surface area contributed by atoms with E-state index >= 15 is 0 Å². The Morgan fingerprint density at radius 1 is 1.18 bits per heavy atom. The second kappa shape index (κ2) is 3.76. The summed E-state index contributed by atoms with van der Waals surface area (Å²) in [7, 11) is 0. The van der Waals surface area contributed by atoms with Crippen molar-refractivity contribution in [3.63, 3.8) is 0 Å². The molecule has 0 amide bonds. The first-order valence-electron chi connectivity index (χ1n) is 3.30. The van der Waals surface area contributed by atoms with Gasteiger partial charge >= 0.3 is 0 Å². The lowest BCUT2D eigenvalue weighted by atomic mass is 10.1. The Hall–Kier alpha value is -0.510. The zero-order valence-corrected chi connectivity index (χ0v) is 6.88. The van der Waals surface area contributed by atoms with Crippen LogP contribution < -0.4 is 0 Å². The van der Waals surface area contributed by atoms with Gasteiger partial charge in [-0.2, -0.15) is 0 Å². The van der Waals surface area contributed by atoms with Crippen molar-refractivity contribution in [2.45, 2.75) is 18.1 Å². The molecule has 0 spiro atoms. The van der Waals surface area contributed by atoms with E-state index in [9.17, 15) is 0 Å². The highest BCUT2D eigenvalue weighted by atomic mass is 32.1. The molecule has 0 aliphatic rings. The van der Waals surface area contributed by atoms with Crippen molar-refractivity contribution < 1.29 is 10.2 Å². The summed E-state index contributed by atoms with van der Waals surface area (Å²) in [6.07, 6.45) is 0. The molecule has 0 unspecified atom stereocenters. The SMILES string of the molecule is OCc1ccc(CO)c(S)c1. The van der Waals surface area contributed by atoms with E-state index in [0.29, 0.717) is 0 Å². The van der Waals surface area contributed by atoms with Crippen molar-refractivity contribution in [1.29, 1.82) is 0 Å². The number of rotatable bonds is 2. The number of thiol groups is 1. The molecular weight excluding hydrogens is 160 g/mol. The summed E-state index contributed by atoms with van der Waals surface area (Å²) in [6.45, 7) is 0.00378. The second-order valence-electron chi connectivity index (χ2n) is 2.28. The minimum atomic E-state index is -0.00938. The Morgan fingerprint density at radius 3 is 2.36 bits per heavy atom. The van der Waals surface area contributed by atoms with Crippen LogP contribution in [0, 0.1) is 0 Å². The molecule has 11 heavy (non-hydrogen) atoms. The Morgan fingerprint density at radius 2 is 1.91 bits per heavy atom. The first-order valence-corrected chi connectivity index (χ1v) is 3.75. The number of hydrogen-bond donors (Lipinski definition) is 3. The highest BCUT2D eigenvalue weighted by Crippen LogP contribution is 2.15. The molecule has 0 atom stereocenters. The third-order valence-electron chi connectivity index (χ3n) is 1.50. The number of hydrogen-bond acceptors (Lipinski definition) is 3.